The average molecular weight is 261 g/mol. The number of halogens is 4. The van der Waals surface area contributed by atoms with E-state index in [-0.39, 0.29) is 10.7 Å². The van der Waals surface area contributed by atoms with Crippen molar-refractivity contribution in [3.05, 3.63) is 28.5 Å². The van der Waals surface area contributed by atoms with E-state index in [0.717, 1.165) is 12.5 Å². The summed E-state index contributed by atoms with van der Waals surface area (Å²) in [5.74, 6) is 0. The van der Waals surface area contributed by atoms with Gasteiger partial charge in [-0.05, 0) is 25.3 Å². The van der Waals surface area contributed by atoms with Crippen LogP contribution in [0, 0.1) is 11.3 Å². The number of hydrogen-bond donors (Lipinski definition) is 0. The number of nitrogens with zero attached hydrogens (tertiary/aromatic N) is 2. The summed E-state index contributed by atoms with van der Waals surface area (Å²) in [6, 6.07) is 3.00. The van der Waals surface area contributed by atoms with E-state index in [4.69, 9.17) is 16.9 Å². The van der Waals surface area contributed by atoms with E-state index in [1.807, 2.05) is 0 Å². The van der Waals surface area contributed by atoms with Gasteiger partial charge in [-0.3, -0.25) is 0 Å². The normalized spacial score (nSPS) is 18.3. The van der Waals surface area contributed by atoms with Crippen LogP contribution in [0.2, 0.25) is 5.15 Å². The number of hydrogen-bond acceptors (Lipinski definition) is 2. The Kier molecular flexibility index (Phi) is 2.78. The van der Waals surface area contributed by atoms with Gasteiger partial charge in [-0.15, -0.1) is 0 Å². The maximum atomic E-state index is 12.5. The molecule has 1 aromatic rings. The molecule has 1 fully saturated rings. The first-order chi connectivity index (χ1) is 7.89. The molecule has 0 radical (unpaired) electrons. The molecule has 6 heteroatoms. The lowest BCUT2D eigenvalue weighted by Crippen LogP contribution is -2.33. The maximum absolute atomic E-state index is 12.5. The fourth-order valence-electron chi connectivity index (χ4n) is 1.91. The lowest BCUT2D eigenvalue weighted by molar-refractivity contribution is -0.137. The van der Waals surface area contributed by atoms with Crippen molar-refractivity contribution in [3.63, 3.8) is 0 Å². The number of aromatic nitrogens is 1. The molecule has 0 amide bonds. The molecule has 0 saturated heterocycles. The summed E-state index contributed by atoms with van der Waals surface area (Å²) in [6.07, 6.45) is -1.89. The third-order valence-electron chi connectivity index (χ3n) is 3.10. The van der Waals surface area contributed by atoms with Gasteiger partial charge in [-0.2, -0.15) is 18.4 Å². The van der Waals surface area contributed by atoms with Crippen LogP contribution in [0.5, 0.6) is 0 Å². The topological polar surface area (TPSA) is 36.7 Å². The predicted molar refractivity (Wildman–Crippen MR) is 55.4 cm³/mol. The van der Waals surface area contributed by atoms with Crippen molar-refractivity contribution in [2.45, 2.75) is 30.9 Å². The van der Waals surface area contributed by atoms with E-state index in [2.05, 4.69) is 11.1 Å². The minimum absolute atomic E-state index is 0.0146. The van der Waals surface area contributed by atoms with Gasteiger partial charge < -0.3 is 0 Å². The summed E-state index contributed by atoms with van der Waals surface area (Å²) in [5, 5.41) is 9.08. The second-order valence-electron chi connectivity index (χ2n) is 4.11. The molecule has 1 heterocycles. The van der Waals surface area contributed by atoms with Crippen LogP contribution in [0.25, 0.3) is 0 Å². The number of alkyl halides is 3. The van der Waals surface area contributed by atoms with Gasteiger partial charge in [0.05, 0.1) is 17.0 Å². The second kappa shape index (κ2) is 3.88. The molecule has 0 spiro atoms. The molecular formula is C11H8ClF3N2. The van der Waals surface area contributed by atoms with Crippen molar-refractivity contribution in [1.82, 2.24) is 4.98 Å². The Bertz CT molecular complexity index is 486. The van der Waals surface area contributed by atoms with E-state index in [9.17, 15) is 13.2 Å². The van der Waals surface area contributed by atoms with Gasteiger partial charge in [0, 0.05) is 11.8 Å². The highest BCUT2D eigenvalue weighted by Crippen LogP contribution is 2.46. The first kappa shape index (κ1) is 12.2. The van der Waals surface area contributed by atoms with Gasteiger partial charge in [0.2, 0.25) is 0 Å². The van der Waals surface area contributed by atoms with Crippen molar-refractivity contribution in [3.8, 4) is 6.07 Å². The molecule has 2 rings (SSSR count). The van der Waals surface area contributed by atoms with Crippen molar-refractivity contribution in [2.24, 2.45) is 0 Å². The standard InChI is InChI=1S/C11H8ClF3N2/c12-9-8(10(6-16)2-1-3-10)4-7(5-17-9)11(13,14)15/h4-5H,1-3H2. The molecule has 2 nitrogen and oxygen atoms in total. The van der Waals surface area contributed by atoms with Gasteiger partial charge in [0.25, 0.3) is 0 Å². The molecule has 17 heavy (non-hydrogen) atoms. The van der Waals surface area contributed by atoms with Crippen molar-refractivity contribution >= 4 is 11.6 Å². The first-order valence-electron chi connectivity index (χ1n) is 5.03. The number of nitriles is 1. The molecule has 0 N–H and O–H groups in total. The summed E-state index contributed by atoms with van der Waals surface area (Å²) >= 11 is 5.79. The SMILES string of the molecule is N#CC1(c2cc(C(F)(F)F)cnc2Cl)CCC1. The second-order valence-corrected chi connectivity index (χ2v) is 4.47. The van der Waals surface area contributed by atoms with Gasteiger partial charge in [-0.1, -0.05) is 11.6 Å². The molecule has 0 aliphatic heterocycles. The lowest BCUT2D eigenvalue weighted by atomic mass is 9.66. The quantitative estimate of drug-likeness (QED) is 0.722. The highest BCUT2D eigenvalue weighted by molar-refractivity contribution is 6.30. The lowest BCUT2D eigenvalue weighted by Gasteiger charge is -2.36. The van der Waals surface area contributed by atoms with Crippen molar-refractivity contribution in [2.75, 3.05) is 0 Å². The minimum Gasteiger partial charge on any atom is -0.244 e. The highest BCUT2D eigenvalue weighted by Gasteiger charge is 2.42. The van der Waals surface area contributed by atoms with E-state index in [0.29, 0.717) is 19.0 Å². The van der Waals surface area contributed by atoms with Crippen LogP contribution >= 0.6 is 11.6 Å². The molecular weight excluding hydrogens is 253 g/mol. The van der Waals surface area contributed by atoms with Crippen LogP contribution in [-0.4, -0.2) is 4.98 Å². The Morgan fingerprint density at radius 3 is 2.47 bits per heavy atom. The van der Waals surface area contributed by atoms with E-state index >= 15 is 0 Å². The molecule has 1 aliphatic rings. The summed E-state index contributed by atoms with van der Waals surface area (Å²) < 4.78 is 37.6. The fourth-order valence-corrected chi connectivity index (χ4v) is 2.19. The van der Waals surface area contributed by atoms with Crippen molar-refractivity contribution < 1.29 is 13.2 Å². The number of rotatable bonds is 1. The Labute approximate surface area is 101 Å². The largest absolute Gasteiger partial charge is 0.417 e. The van der Waals surface area contributed by atoms with Gasteiger partial charge in [0.1, 0.15) is 5.15 Å². The monoisotopic (exact) mass is 260 g/mol. The molecule has 1 saturated carbocycles. The fraction of sp³-hybridized carbons (Fsp3) is 0.455. The summed E-state index contributed by atoms with van der Waals surface area (Å²) in [7, 11) is 0. The van der Waals surface area contributed by atoms with Gasteiger partial charge >= 0.3 is 6.18 Å². The molecule has 0 unspecified atom stereocenters. The van der Waals surface area contributed by atoms with Gasteiger partial charge in [-0.25, -0.2) is 4.98 Å². The van der Waals surface area contributed by atoms with E-state index in [1.165, 1.54) is 0 Å². The molecule has 1 aliphatic carbocycles. The smallest absolute Gasteiger partial charge is 0.244 e. The van der Waals surface area contributed by atoms with Crippen LogP contribution in [0.1, 0.15) is 30.4 Å². The van der Waals surface area contributed by atoms with E-state index in [1.54, 1.807) is 0 Å². The average Bonchev–Trinajstić information content (AvgIpc) is 2.18. The Morgan fingerprint density at radius 1 is 1.41 bits per heavy atom. The summed E-state index contributed by atoms with van der Waals surface area (Å²) in [4.78, 5) is 3.54. The van der Waals surface area contributed by atoms with Crippen LogP contribution in [0.3, 0.4) is 0 Å². The zero-order chi connectivity index (χ0) is 12.7. The third-order valence-corrected chi connectivity index (χ3v) is 3.40. The maximum Gasteiger partial charge on any atom is 0.417 e. The van der Waals surface area contributed by atoms with Crippen LogP contribution < -0.4 is 0 Å². The Balaban J connectivity index is 2.51. The summed E-state index contributed by atoms with van der Waals surface area (Å²) in [6.45, 7) is 0. The number of pyridine rings is 1. The summed E-state index contributed by atoms with van der Waals surface area (Å²) in [5.41, 5.74) is -1.55. The highest BCUT2D eigenvalue weighted by atomic mass is 35.5. The zero-order valence-electron chi connectivity index (χ0n) is 8.68. The molecule has 0 atom stereocenters. The molecule has 90 valence electrons. The minimum atomic E-state index is -4.47. The van der Waals surface area contributed by atoms with Crippen LogP contribution in [0.15, 0.2) is 12.3 Å². The Morgan fingerprint density at radius 2 is 2.06 bits per heavy atom. The Hall–Kier alpha value is -1.28. The molecule has 0 aromatic carbocycles. The van der Waals surface area contributed by atoms with Crippen molar-refractivity contribution in [1.29, 1.82) is 5.26 Å². The van der Waals surface area contributed by atoms with E-state index < -0.39 is 17.2 Å². The predicted octanol–water partition coefficient (Wildman–Crippen LogP) is 3.70. The first-order valence-corrected chi connectivity index (χ1v) is 5.41. The molecule has 0 bridgehead atoms. The molecule has 1 aromatic heterocycles. The van der Waals surface area contributed by atoms with Crippen LogP contribution in [-0.2, 0) is 11.6 Å². The third kappa shape index (κ3) is 1.98. The van der Waals surface area contributed by atoms with Crippen LogP contribution in [0.4, 0.5) is 13.2 Å². The van der Waals surface area contributed by atoms with Gasteiger partial charge in [0.15, 0.2) is 0 Å². The zero-order valence-corrected chi connectivity index (χ0v) is 9.44.